The molecule has 1 aromatic heterocycles. The van der Waals surface area contributed by atoms with E-state index in [1.54, 1.807) is 0 Å². The summed E-state index contributed by atoms with van der Waals surface area (Å²) in [6, 6.07) is 6.51. The minimum atomic E-state index is -1.28. The lowest BCUT2D eigenvalue weighted by atomic mass is 10.2. The van der Waals surface area contributed by atoms with Gasteiger partial charge in [-0.15, -0.1) is 0 Å². The second-order valence-electron chi connectivity index (χ2n) is 3.79. The van der Waals surface area contributed by atoms with Crippen molar-refractivity contribution in [3.05, 3.63) is 59.4 Å². The third-order valence-corrected chi connectivity index (χ3v) is 2.38. The summed E-state index contributed by atoms with van der Waals surface area (Å²) in [7, 11) is 0. The largest absolute Gasteiger partial charge is 0.477 e. The van der Waals surface area contributed by atoms with Gasteiger partial charge in [-0.05, 0) is 24.3 Å². The SMILES string of the molecule is O=C(O)c1cccc(C(=O)Nc2ccc(F)cc2F)n1. The van der Waals surface area contributed by atoms with Crippen molar-refractivity contribution in [2.24, 2.45) is 0 Å². The summed E-state index contributed by atoms with van der Waals surface area (Å²) >= 11 is 0. The first-order valence-corrected chi connectivity index (χ1v) is 5.44. The highest BCUT2D eigenvalue weighted by molar-refractivity contribution is 6.03. The fraction of sp³-hybridized carbons (Fsp3) is 0. The number of carbonyl (C=O) groups is 2. The third-order valence-electron chi connectivity index (χ3n) is 2.38. The van der Waals surface area contributed by atoms with Crippen LogP contribution in [0.15, 0.2) is 36.4 Å². The van der Waals surface area contributed by atoms with Crippen LogP contribution in [-0.4, -0.2) is 22.0 Å². The molecule has 0 radical (unpaired) electrons. The maximum atomic E-state index is 13.4. The smallest absolute Gasteiger partial charge is 0.354 e. The molecule has 0 aliphatic carbocycles. The van der Waals surface area contributed by atoms with Gasteiger partial charge in [0.05, 0.1) is 5.69 Å². The fourth-order valence-electron chi connectivity index (χ4n) is 1.46. The first-order chi connectivity index (χ1) is 9.47. The Morgan fingerprint density at radius 1 is 1.10 bits per heavy atom. The number of anilines is 1. The van der Waals surface area contributed by atoms with Gasteiger partial charge in [-0.3, -0.25) is 4.79 Å². The molecule has 0 spiro atoms. The van der Waals surface area contributed by atoms with Gasteiger partial charge >= 0.3 is 5.97 Å². The lowest BCUT2D eigenvalue weighted by Crippen LogP contribution is -2.16. The zero-order valence-corrected chi connectivity index (χ0v) is 9.93. The Labute approximate surface area is 111 Å². The summed E-state index contributed by atoms with van der Waals surface area (Å²) < 4.78 is 26.1. The maximum absolute atomic E-state index is 13.4. The van der Waals surface area contributed by atoms with Crippen LogP contribution in [0.25, 0.3) is 0 Å². The Bertz CT molecular complexity index is 689. The number of benzene rings is 1. The van der Waals surface area contributed by atoms with Crippen LogP contribution in [-0.2, 0) is 0 Å². The van der Waals surface area contributed by atoms with Crippen LogP contribution in [0.3, 0.4) is 0 Å². The van der Waals surface area contributed by atoms with Gasteiger partial charge in [0.25, 0.3) is 5.91 Å². The van der Waals surface area contributed by atoms with E-state index in [-0.39, 0.29) is 17.1 Å². The molecule has 0 bridgehead atoms. The second-order valence-corrected chi connectivity index (χ2v) is 3.79. The van der Waals surface area contributed by atoms with Gasteiger partial charge in [0, 0.05) is 6.07 Å². The van der Waals surface area contributed by atoms with Gasteiger partial charge < -0.3 is 10.4 Å². The number of pyridine rings is 1. The van der Waals surface area contributed by atoms with Crippen molar-refractivity contribution in [2.45, 2.75) is 0 Å². The molecule has 102 valence electrons. The molecule has 1 aromatic carbocycles. The maximum Gasteiger partial charge on any atom is 0.354 e. The van der Waals surface area contributed by atoms with Crippen LogP contribution in [0.5, 0.6) is 0 Å². The molecule has 7 heteroatoms. The average molecular weight is 278 g/mol. The number of nitrogens with zero attached hydrogens (tertiary/aromatic N) is 1. The van der Waals surface area contributed by atoms with E-state index < -0.39 is 23.5 Å². The van der Waals surface area contributed by atoms with Crippen LogP contribution in [0.1, 0.15) is 21.0 Å². The Hall–Kier alpha value is -2.83. The molecule has 0 unspecified atom stereocenters. The molecule has 0 atom stereocenters. The first-order valence-electron chi connectivity index (χ1n) is 5.44. The van der Waals surface area contributed by atoms with E-state index >= 15 is 0 Å². The number of aromatic nitrogens is 1. The van der Waals surface area contributed by atoms with Crippen LogP contribution >= 0.6 is 0 Å². The molecule has 20 heavy (non-hydrogen) atoms. The molecule has 0 aliphatic rings. The van der Waals surface area contributed by atoms with Gasteiger partial charge in [-0.25, -0.2) is 18.6 Å². The molecule has 0 saturated heterocycles. The van der Waals surface area contributed by atoms with Crippen molar-refractivity contribution < 1.29 is 23.5 Å². The summed E-state index contributed by atoms with van der Waals surface area (Å²) in [4.78, 5) is 26.1. The number of carbonyl (C=O) groups excluding carboxylic acids is 1. The van der Waals surface area contributed by atoms with Crippen molar-refractivity contribution >= 4 is 17.6 Å². The molecule has 2 aromatic rings. The fourth-order valence-corrected chi connectivity index (χ4v) is 1.46. The minimum Gasteiger partial charge on any atom is -0.477 e. The lowest BCUT2D eigenvalue weighted by molar-refractivity contribution is 0.0690. The van der Waals surface area contributed by atoms with Crippen LogP contribution < -0.4 is 5.32 Å². The molecule has 5 nitrogen and oxygen atoms in total. The van der Waals surface area contributed by atoms with E-state index in [0.29, 0.717) is 6.07 Å². The standard InChI is InChI=1S/C13H8F2N2O3/c14-7-4-5-9(8(15)6-7)17-12(18)10-2-1-3-11(16-10)13(19)20/h1-6H,(H,17,18)(H,19,20). The molecule has 1 heterocycles. The second kappa shape index (κ2) is 5.43. The summed E-state index contributed by atoms with van der Waals surface area (Å²) in [5, 5.41) is 10.9. The number of nitrogens with one attached hydrogen (secondary N) is 1. The van der Waals surface area contributed by atoms with Gasteiger partial charge in [0.2, 0.25) is 0 Å². The van der Waals surface area contributed by atoms with Crippen LogP contribution in [0, 0.1) is 11.6 Å². The Balaban J connectivity index is 2.24. The number of rotatable bonds is 3. The number of carboxylic acids is 1. The van der Waals surface area contributed by atoms with E-state index in [1.807, 2.05) is 0 Å². The highest BCUT2D eigenvalue weighted by Gasteiger charge is 2.13. The molecule has 0 fully saturated rings. The zero-order chi connectivity index (χ0) is 14.7. The number of amides is 1. The summed E-state index contributed by atoms with van der Waals surface area (Å²) in [6.45, 7) is 0. The van der Waals surface area contributed by atoms with E-state index in [1.165, 1.54) is 18.2 Å². The van der Waals surface area contributed by atoms with E-state index in [4.69, 9.17) is 5.11 Å². The predicted octanol–water partition coefficient (Wildman–Crippen LogP) is 2.31. The molecule has 0 aliphatic heterocycles. The van der Waals surface area contributed by atoms with Crippen LogP contribution in [0.2, 0.25) is 0 Å². The number of hydrogen-bond acceptors (Lipinski definition) is 3. The van der Waals surface area contributed by atoms with Gasteiger partial charge in [0.1, 0.15) is 23.0 Å². The molecule has 0 saturated carbocycles. The zero-order valence-electron chi connectivity index (χ0n) is 9.93. The summed E-state index contributed by atoms with van der Waals surface area (Å²) in [5.41, 5.74) is -0.718. The topological polar surface area (TPSA) is 79.3 Å². The number of aromatic carboxylic acids is 1. The minimum absolute atomic E-state index is 0.186. The average Bonchev–Trinajstić information content (AvgIpc) is 2.42. The summed E-state index contributed by atoms with van der Waals surface area (Å²) in [5.74, 6) is -3.79. The Morgan fingerprint density at radius 3 is 2.45 bits per heavy atom. The highest BCUT2D eigenvalue weighted by atomic mass is 19.1. The molecule has 2 N–H and O–H groups in total. The highest BCUT2D eigenvalue weighted by Crippen LogP contribution is 2.15. The first kappa shape index (κ1) is 13.6. The Morgan fingerprint density at radius 2 is 1.80 bits per heavy atom. The van der Waals surface area contributed by atoms with Crippen LogP contribution in [0.4, 0.5) is 14.5 Å². The van der Waals surface area contributed by atoms with Gasteiger partial charge in [0.15, 0.2) is 0 Å². The van der Waals surface area contributed by atoms with E-state index in [9.17, 15) is 18.4 Å². The molecule has 1 amide bonds. The predicted molar refractivity (Wildman–Crippen MR) is 65.5 cm³/mol. The number of hydrogen-bond donors (Lipinski definition) is 2. The monoisotopic (exact) mass is 278 g/mol. The van der Waals surface area contributed by atoms with E-state index in [0.717, 1.165) is 12.1 Å². The van der Waals surface area contributed by atoms with Crippen molar-refractivity contribution in [3.8, 4) is 0 Å². The normalized spacial score (nSPS) is 10.1. The van der Waals surface area contributed by atoms with Crippen molar-refractivity contribution in [1.29, 1.82) is 0 Å². The quantitative estimate of drug-likeness (QED) is 0.903. The van der Waals surface area contributed by atoms with E-state index in [2.05, 4.69) is 10.3 Å². The van der Waals surface area contributed by atoms with Gasteiger partial charge in [-0.1, -0.05) is 6.07 Å². The van der Waals surface area contributed by atoms with Gasteiger partial charge in [-0.2, -0.15) is 0 Å². The molecular formula is C13H8F2N2O3. The molecule has 2 rings (SSSR count). The third kappa shape index (κ3) is 2.94. The summed E-state index contributed by atoms with van der Waals surface area (Å²) in [6.07, 6.45) is 0. The Kier molecular flexibility index (Phi) is 3.69. The number of carboxylic acid groups (broad SMARTS) is 1. The van der Waals surface area contributed by atoms with Crippen molar-refractivity contribution in [1.82, 2.24) is 4.98 Å². The molecular weight excluding hydrogens is 270 g/mol. The lowest BCUT2D eigenvalue weighted by Gasteiger charge is -2.06. The van der Waals surface area contributed by atoms with Crippen molar-refractivity contribution in [2.75, 3.05) is 5.32 Å². The van der Waals surface area contributed by atoms with Crippen molar-refractivity contribution in [3.63, 3.8) is 0 Å². The number of halogens is 2.